The monoisotopic (exact) mass is 304 g/mol. The number of fused-ring (bicyclic) bond motifs is 1. The van der Waals surface area contributed by atoms with E-state index in [2.05, 4.69) is 0 Å². The van der Waals surface area contributed by atoms with Crippen LogP contribution >= 0.6 is 0 Å². The summed E-state index contributed by atoms with van der Waals surface area (Å²) in [5.41, 5.74) is 3.25. The Balaban J connectivity index is 2.14. The van der Waals surface area contributed by atoms with E-state index in [1.54, 1.807) is 4.90 Å². The van der Waals surface area contributed by atoms with E-state index in [1.807, 2.05) is 37.2 Å². The molecule has 0 bridgehead atoms. The standard InChI is InChI=1S/C17H24N2O3/c1-18(2)9-10-19(12-16(20)22-3)17(21)15-8-7-13-5-4-6-14(13)11-15/h7-8,11H,4-6,9-10,12H2,1-3H3. The van der Waals surface area contributed by atoms with Gasteiger partial charge in [0.25, 0.3) is 5.91 Å². The van der Waals surface area contributed by atoms with E-state index < -0.39 is 5.97 Å². The molecule has 0 radical (unpaired) electrons. The van der Waals surface area contributed by atoms with Gasteiger partial charge in [0.2, 0.25) is 0 Å². The lowest BCUT2D eigenvalue weighted by atomic mass is 10.1. The summed E-state index contributed by atoms with van der Waals surface area (Å²) in [4.78, 5) is 27.8. The van der Waals surface area contributed by atoms with Crippen molar-refractivity contribution < 1.29 is 14.3 Å². The maximum absolute atomic E-state index is 12.7. The lowest BCUT2D eigenvalue weighted by molar-refractivity contribution is -0.141. The molecule has 0 unspecified atom stereocenters. The summed E-state index contributed by atoms with van der Waals surface area (Å²) in [6, 6.07) is 5.88. The van der Waals surface area contributed by atoms with Gasteiger partial charge in [-0.15, -0.1) is 0 Å². The quantitative estimate of drug-likeness (QED) is 0.745. The van der Waals surface area contributed by atoms with E-state index in [9.17, 15) is 9.59 Å². The number of hydrogen-bond acceptors (Lipinski definition) is 4. The molecule has 0 spiro atoms. The van der Waals surface area contributed by atoms with E-state index in [1.165, 1.54) is 18.2 Å². The summed E-state index contributed by atoms with van der Waals surface area (Å²) in [5, 5.41) is 0. The van der Waals surface area contributed by atoms with Crippen molar-refractivity contribution in [2.45, 2.75) is 19.3 Å². The Morgan fingerprint density at radius 1 is 1.14 bits per heavy atom. The first-order valence-corrected chi connectivity index (χ1v) is 7.64. The second kappa shape index (κ2) is 7.40. The van der Waals surface area contributed by atoms with Gasteiger partial charge in [-0.25, -0.2) is 0 Å². The number of nitrogens with zero attached hydrogens (tertiary/aromatic N) is 2. The Kier molecular flexibility index (Phi) is 5.55. The van der Waals surface area contributed by atoms with E-state index in [4.69, 9.17) is 4.74 Å². The number of benzene rings is 1. The van der Waals surface area contributed by atoms with E-state index >= 15 is 0 Å². The zero-order chi connectivity index (χ0) is 16.1. The molecule has 120 valence electrons. The molecule has 5 nitrogen and oxygen atoms in total. The average Bonchev–Trinajstić information content (AvgIpc) is 2.97. The van der Waals surface area contributed by atoms with Crippen LogP contribution in [0.15, 0.2) is 18.2 Å². The molecule has 2 rings (SSSR count). The predicted octanol–water partition coefficient (Wildman–Crippen LogP) is 1.35. The van der Waals surface area contributed by atoms with Crippen LogP contribution in [-0.4, -0.2) is 62.5 Å². The Bertz CT molecular complexity index is 555. The number of carbonyl (C=O) groups is 2. The van der Waals surface area contributed by atoms with Crippen molar-refractivity contribution in [3.05, 3.63) is 34.9 Å². The van der Waals surface area contributed by atoms with Crippen LogP contribution in [0.1, 0.15) is 27.9 Å². The van der Waals surface area contributed by atoms with E-state index in [-0.39, 0.29) is 12.5 Å². The van der Waals surface area contributed by atoms with E-state index in [0.29, 0.717) is 18.7 Å². The van der Waals surface area contributed by atoms with E-state index in [0.717, 1.165) is 19.3 Å². The van der Waals surface area contributed by atoms with Gasteiger partial charge >= 0.3 is 5.97 Å². The van der Waals surface area contributed by atoms with Crippen molar-refractivity contribution in [1.29, 1.82) is 0 Å². The fourth-order valence-corrected chi connectivity index (χ4v) is 2.68. The number of amides is 1. The molecule has 0 saturated carbocycles. The molecule has 1 aromatic carbocycles. The highest BCUT2D eigenvalue weighted by molar-refractivity contribution is 5.96. The SMILES string of the molecule is COC(=O)CN(CCN(C)C)C(=O)c1ccc2c(c1)CCC2. The molecule has 0 atom stereocenters. The minimum atomic E-state index is -0.395. The Labute approximate surface area is 131 Å². The van der Waals surface area contributed by atoms with Crippen LogP contribution < -0.4 is 0 Å². The first-order valence-electron chi connectivity index (χ1n) is 7.64. The fourth-order valence-electron chi connectivity index (χ4n) is 2.68. The largest absolute Gasteiger partial charge is 0.468 e. The Hall–Kier alpha value is -1.88. The molecule has 1 aliphatic carbocycles. The normalized spacial score (nSPS) is 13.1. The smallest absolute Gasteiger partial charge is 0.325 e. The molecule has 1 amide bonds. The van der Waals surface area contributed by atoms with Crippen LogP contribution in [0.2, 0.25) is 0 Å². The average molecular weight is 304 g/mol. The summed E-state index contributed by atoms with van der Waals surface area (Å²) >= 11 is 0. The molecule has 0 saturated heterocycles. The predicted molar refractivity (Wildman–Crippen MR) is 84.9 cm³/mol. The van der Waals surface area contributed by atoms with Crippen LogP contribution in [0.4, 0.5) is 0 Å². The molecule has 0 N–H and O–H groups in total. The third kappa shape index (κ3) is 4.07. The van der Waals surface area contributed by atoms with Gasteiger partial charge in [0.1, 0.15) is 6.54 Å². The molecule has 22 heavy (non-hydrogen) atoms. The second-order valence-electron chi connectivity index (χ2n) is 5.94. The van der Waals surface area contributed by atoms with Crippen molar-refractivity contribution in [2.24, 2.45) is 0 Å². The Morgan fingerprint density at radius 3 is 2.55 bits per heavy atom. The first kappa shape index (κ1) is 16.5. The number of esters is 1. The number of aryl methyl sites for hydroxylation is 2. The molecule has 0 aliphatic heterocycles. The molecule has 5 heteroatoms. The number of methoxy groups -OCH3 is 1. The highest BCUT2D eigenvalue weighted by atomic mass is 16.5. The molecule has 0 heterocycles. The number of rotatable bonds is 6. The maximum atomic E-state index is 12.7. The molecular weight excluding hydrogens is 280 g/mol. The summed E-state index contributed by atoms with van der Waals surface area (Å²) in [6.07, 6.45) is 3.28. The van der Waals surface area contributed by atoms with Gasteiger partial charge in [-0.05, 0) is 56.6 Å². The van der Waals surface area contributed by atoms with Gasteiger partial charge in [-0.1, -0.05) is 6.07 Å². The van der Waals surface area contributed by atoms with Gasteiger partial charge < -0.3 is 14.5 Å². The maximum Gasteiger partial charge on any atom is 0.325 e. The van der Waals surface area contributed by atoms with Gasteiger partial charge in [0, 0.05) is 18.7 Å². The number of hydrogen-bond donors (Lipinski definition) is 0. The zero-order valence-corrected chi connectivity index (χ0v) is 13.6. The molecule has 0 aromatic heterocycles. The summed E-state index contributed by atoms with van der Waals surface area (Å²) in [5.74, 6) is -0.504. The van der Waals surface area contributed by atoms with Gasteiger partial charge in [-0.2, -0.15) is 0 Å². The number of likely N-dealkylation sites (N-methyl/N-ethyl adjacent to an activating group) is 1. The van der Waals surface area contributed by atoms with Gasteiger partial charge in [0.15, 0.2) is 0 Å². The van der Waals surface area contributed by atoms with Crippen molar-refractivity contribution in [1.82, 2.24) is 9.80 Å². The fraction of sp³-hybridized carbons (Fsp3) is 0.529. The number of ether oxygens (including phenoxy) is 1. The summed E-state index contributed by atoms with van der Waals surface area (Å²) in [6.45, 7) is 1.19. The van der Waals surface area contributed by atoms with Crippen LogP contribution in [0, 0.1) is 0 Å². The van der Waals surface area contributed by atoms with Crippen molar-refractivity contribution in [3.63, 3.8) is 0 Å². The van der Waals surface area contributed by atoms with Crippen molar-refractivity contribution in [2.75, 3.05) is 40.8 Å². The molecule has 0 fully saturated rings. The lowest BCUT2D eigenvalue weighted by Crippen LogP contribution is -2.40. The van der Waals surface area contributed by atoms with Crippen molar-refractivity contribution in [3.8, 4) is 0 Å². The summed E-state index contributed by atoms with van der Waals surface area (Å²) < 4.78 is 4.70. The minimum absolute atomic E-state index is 0.0136. The molecular formula is C17H24N2O3. The van der Waals surface area contributed by atoms with Crippen LogP contribution in [0.3, 0.4) is 0 Å². The molecule has 1 aromatic rings. The van der Waals surface area contributed by atoms with Gasteiger partial charge in [-0.3, -0.25) is 9.59 Å². The second-order valence-corrected chi connectivity index (χ2v) is 5.94. The highest BCUT2D eigenvalue weighted by Gasteiger charge is 2.21. The van der Waals surface area contributed by atoms with Crippen molar-refractivity contribution >= 4 is 11.9 Å². The highest BCUT2D eigenvalue weighted by Crippen LogP contribution is 2.23. The number of carbonyl (C=O) groups excluding carboxylic acids is 2. The Morgan fingerprint density at radius 2 is 1.86 bits per heavy atom. The topological polar surface area (TPSA) is 49.9 Å². The zero-order valence-electron chi connectivity index (χ0n) is 13.6. The van der Waals surface area contributed by atoms with Crippen LogP contribution in [0.5, 0.6) is 0 Å². The van der Waals surface area contributed by atoms with Crippen LogP contribution in [0.25, 0.3) is 0 Å². The van der Waals surface area contributed by atoms with Crippen LogP contribution in [-0.2, 0) is 22.4 Å². The third-order valence-corrected chi connectivity index (χ3v) is 4.00. The summed E-state index contributed by atoms with van der Waals surface area (Å²) in [7, 11) is 5.22. The van der Waals surface area contributed by atoms with Gasteiger partial charge in [0.05, 0.1) is 7.11 Å². The third-order valence-electron chi connectivity index (χ3n) is 4.00. The molecule has 1 aliphatic rings. The lowest BCUT2D eigenvalue weighted by Gasteiger charge is -2.23. The minimum Gasteiger partial charge on any atom is -0.468 e. The first-order chi connectivity index (χ1) is 10.5.